The summed E-state index contributed by atoms with van der Waals surface area (Å²) in [6, 6.07) is 86.1. The van der Waals surface area contributed by atoms with Crippen molar-refractivity contribution in [2.24, 2.45) is 0 Å². The first-order valence-corrected chi connectivity index (χ1v) is 24.2. The normalized spacial score (nSPS) is 14.3. The fraction of sp³-hybridized carbons (Fsp3) is 0.0625. The second kappa shape index (κ2) is 14.3. The van der Waals surface area contributed by atoms with Crippen molar-refractivity contribution in [2.75, 3.05) is 4.90 Å². The lowest BCUT2D eigenvalue weighted by Gasteiger charge is -2.39. The molecule has 0 amide bonds. The van der Waals surface area contributed by atoms with Crippen LogP contribution < -0.4 is 4.90 Å². The van der Waals surface area contributed by atoms with E-state index < -0.39 is 5.41 Å². The molecular weight excluding hydrogens is 829 g/mol. The predicted molar refractivity (Wildman–Crippen MR) is 280 cm³/mol. The van der Waals surface area contributed by atoms with Gasteiger partial charge in [-0.1, -0.05) is 189 Å². The molecule has 1 aromatic heterocycles. The quantitative estimate of drug-likeness (QED) is 0.170. The summed E-state index contributed by atoms with van der Waals surface area (Å²) in [5.41, 5.74) is 22.2. The van der Waals surface area contributed by atoms with Crippen molar-refractivity contribution in [2.45, 2.75) is 34.5 Å². The van der Waals surface area contributed by atoms with Gasteiger partial charge in [0.05, 0.1) is 22.1 Å². The number of aromatic nitrogens is 1. The molecule has 0 bridgehead atoms. The number of rotatable bonds is 5. The molecule has 1 spiro atoms. The third-order valence-corrected chi connectivity index (χ3v) is 16.2. The molecule has 3 aliphatic rings. The molecule has 0 unspecified atom stereocenters. The topological polar surface area (TPSA) is 8.17 Å². The first kappa shape index (κ1) is 38.4. The van der Waals surface area contributed by atoms with Crippen LogP contribution in [0, 0.1) is 0 Å². The molecule has 67 heavy (non-hydrogen) atoms. The molecule has 0 saturated heterocycles. The number of hydrogen-bond donors (Lipinski definition) is 0. The van der Waals surface area contributed by atoms with Crippen molar-refractivity contribution >= 4 is 50.6 Å². The van der Waals surface area contributed by atoms with E-state index >= 15 is 0 Å². The Hall–Kier alpha value is -7.85. The van der Waals surface area contributed by atoms with E-state index in [1.807, 2.05) is 11.8 Å². The first-order valence-electron chi connectivity index (χ1n) is 23.3. The number of benzene rings is 10. The molecule has 0 radical (unpaired) electrons. The molecule has 0 fully saturated rings. The largest absolute Gasteiger partial charge is 0.310 e. The maximum absolute atomic E-state index is 2.54. The van der Waals surface area contributed by atoms with Gasteiger partial charge in [0.1, 0.15) is 0 Å². The van der Waals surface area contributed by atoms with Gasteiger partial charge in [-0.15, -0.1) is 0 Å². The zero-order valence-electron chi connectivity index (χ0n) is 37.2. The van der Waals surface area contributed by atoms with E-state index in [-0.39, 0.29) is 5.41 Å². The van der Waals surface area contributed by atoms with Gasteiger partial charge in [-0.3, -0.25) is 0 Å². The molecule has 3 heteroatoms. The molecule has 2 aliphatic carbocycles. The van der Waals surface area contributed by atoms with Crippen molar-refractivity contribution in [3.8, 4) is 39.1 Å². The van der Waals surface area contributed by atoms with Gasteiger partial charge in [0.2, 0.25) is 0 Å². The Kier molecular flexibility index (Phi) is 8.21. The lowest BCUT2D eigenvalue weighted by molar-refractivity contribution is 0.660. The number of nitrogens with zero attached hydrogens (tertiary/aromatic N) is 2. The van der Waals surface area contributed by atoms with E-state index in [2.05, 4.69) is 254 Å². The summed E-state index contributed by atoms with van der Waals surface area (Å²) < 4.78 is 2.48. The molecule has 2 nitrogen and oxygen atoms in total. The smallest absolute Gasteiger partial charge is 0.0735 e. The highest BCUT2D eigenvalue weighted by atomic mass is 32.2. The van der Waals surface area contributed by atoms with Crippen LogP contribution in [0.1, 0.15) is 47.2 Å². The zero-order valence-corrected chi connectivity index (χ0v) is 38.1. The summed E-state index contributed by atoms with van der Waals surface area (Å²) in [6.45, 7) is 4.73. The number of anilines is 3. The Morgan fingerprint density at radius 3 is 1.69 bits per heavy atom. The van der Waals surface area contributed by atoms with Crippen LogP contribution in [0.4, 0.5) is 17.1 Å². The summed E-state index contributed by atoms with van der Waals surface area (Å²) in [7, 11) is 0. The first-order chi connectivity index (χ1) is 33.0. The second-order valence-electron chi connectivity index (χ2n) is 18.8. The van der Waals surface area contributed by atoms with Crippen molar-refractivity contribution in [1.29, 1.82) is 0 Å². The van der Waals surface area contributed by atoms with Gasteiger partial charge >= 0.3 is 0 Å². The molecule has 0 atom stereocenters. The predicted octanol–water partition coefficient (Wildman–Crippen LogP) is 17.1. The van der Waals surface area contributed by atoms with Crippen LogP contribution in [-0.4, -0.2) is 4.57 Å². The van der Waals surface area contributed by atoms with Gasteiger partial charge in [-0.2, -0.15) is 0 Å². The van der Waals surface area contributed by atoms with Crippen LogP contribution >= 0.6 is 11.8 Å². The summed E-state index contributed by atoms with van der Waals surface area (Å²) in [4.78, 5) is 5.06. The summed E-state index contributed by atoms with van der Waals surface area (Å²) >= 11 is 1.91. The van der Waals surface area contributed by atoms with Crippen molar-refractivity contribution < 1.29 is 0 Å². The standard InChI is InChI=1S/C64H44N2S/c1-63(2)52-25-11-6-21-46(52)49-37-36-44(38-56(49)63)65(58-29-15-9-20-45(58)41-18-4-3-5-19-41)42-32-34-43(35-33-42)66-59-30-16-10-24-50(59)51-39-57-62(40-60(51)66)67-61-31-17-14-28-55(61)64(57)53-26-12-7-22-47(53)48-23-8-13-27-54(48)64/h3-40H,1-2H3. The van der Waals surface area contributed by atoms with Gasteiger partial charge in [-0.05, 0) is 128 Å². The molecular formula is C64H44N2S. The fourth-order valence-electron chi connectivity index (χ4n) is 12.1. The van der Waals surface area contributed by atoms with Gasteiger partial charge in [0.25, 0.3) is 0 Å². The Morgan fingerprint density at radius 2 is 0.940 bits per heavy atom. The monoisotopic (exact) mass is 872 g/mol. The minimum absolute atomic E-state index is 0.128. The van der Waals surface area contributed by atoms with E-state index in [1.54, 1.807) is 0 Å². The Balaban J connectivity index is 0.961. The molecule has 2 heterocycles. The van der Waals surface area contributed by atoms with E-state index in [9.17, 15) is 0 Å². The summed E-state index contributed by atoms with van der Waals surface area (Å²) in [6.07, 6.45) is 0. The number of hydrogen-bond acceptors (Lipinski definition) is 2. The molecule has 11 aromatic rings. The Bertz CT molecular complexity index is 3770. The maximum Gasteiger partial charge on any atom is 0.0735 e. The minimum Gasteiger partial charge on any atom is -0.310 e. The summed E-state index contributed by atoms with van der Waals surface area (Å²) in [5, 5.41) is 2.52. The molecule has 0 N–H and O–H groups in total. The van der Waals surface area contributed by atoms with Crippen LogP contribution in [0.2, 0.25) is 0 Å². The number of fused-ring (bicyclic) bond motifs is 15. The minimum atomic E-state index is -0.432. The average Bonchev–Trinajstić information content (AvgIpc) is 3.95. The summed E-state index contributed by atoms with van der Waals surface area (Å²) in [5.74, 6) is 0. The highest BCUT2D eigenvalue weighted by Gasteiger charge is 2.50. The molecule has 14 rings (SSSR count). The van der Waals surface area contributed by atoms with Crippen molar-refractivity contribution in [3.05, 3.63) is 264 Å². The molecule has 10 aromatic carbocycles. The Labute approximate surface area is 395 Å². The van der Waals surface area contributed by atoms with Crippen LogP contribution in [-0.2, 0) is 10.8 Å². The van der Waals surface area contributed by atoms with Crippen molar-refractivity contribution in [3.63, 3.8) is 0 Å². The third kappa shape index (κ3) is 5.35. The Morgan fingerprint density at radius 1 is 0.373 bits per heavy atom. The zero-order chi connectivity index (χ0) is 44.4. The van der Waals surface area contributed by atoms with E-state index in [1.165, 1.54) is 98.4 Å². The van der Waals surface area contributed by atoms with Crippen LogP contribution in [0.15, 0.2) is 240 Å². The van der Waals surface area contributed by atoms with Gasteiger partial charge in [0, 0.05) is 48.6 Å². The highest BCUT2D eigenvalue weighted by molar-refractivity contribution is 7.99. The lowest BCUT2D eigenvalue weighted by Crippen LogP contribution is -2.31. The van der Waals surface area contributed by atoms with E-state index in [4.69, 9.17) is 0 Å². The molecule has 316 valence electrons. The van der Waals surface area contributed by atoms with Crippen LogP contribution in [0.3, 0.4) is 0 Å². The average molecular weight is 873 g/mol. The highest BCUT2D eigenvalue weighted by Crippen LogP contribution is 2.63. The maximum atomic E-state index is 2.54. The van der Waals surface area contributed by atoms with Gasteiger partial charge in [-0.25, -0.2) is 0 Å². The second-order valence-corrected chi connectivity index (χ2v) is 19.9. The van der Waals surface area contributed by atoms with Crippen LogP contribution in [0.25, 0.3) is 60.9 Å². The van der Waals surface area contributed by atoms with Crippen LogP contribution in [0.5, 0.6) is 0 Å². The van der Waals surface area contributed by atoms with E-state index in [0.29, 0.717) is 0 Å². The SMILES string of the molecule is CC1(C)c2ccccc2-c2ccc(N(c3ccc(-n4c5ccccc5c5cc6c(cc54)Sc4ccccc4C64c5ccccc5-c5ccccc54)cc3)c3ccccc3-c3ccccc3)cc21. The lowest BCUT2D eigenvalue weighted by atomic mass is 9.67. The van der Waals surface area contributed by atoms with Gasteiger partial charge < -0.3 is 9.47 Å². The van der Waals surface area contributed by atoms with Crippen molar-refractivity contribution in [1.82, 2.24) is 4.57 Å². The third-order valence-electron chi connectivity index (χ3n) is 15.1. The molecule has 1 aliphatic heterocycles. The molecule has 0 saturated carbocycles. The van der Waals surface area contributed by atoms with E-state index in [0.717, 1.165) is 22.7 Å². The fourth-order valence-corrected chi connectivity index (χ4v) is 13.3. The van der Waals surface area contributed by atoms with Gasteiger partial charge in [0.15, 0.2) is 0 Å². The number of para-hydroxylation sites is 2.